The van der Waals surface area contributed by atoms with Crippen LogP contribution in [0.5, 0.6) is 5.75 Å². The van der Waals surface area contributed by atoms with Crippen molar-refractivity contribution in [1.29, 1.82) is 0 Å². The van der Waals surface area contributed by atoms with Crippen LogP contribution in [-0.2, 0) is 0 Å². The number of nitrogens with one attached hydrogen (secondary N) is 1. The molecule has 0 bridgehead atoms. The number of carbonyl (C=O) groups is 1. The van der Waals surface area contributed by atoms with Gasteiger partial charge in [-0.3, -0.25) is 4.79 Å². The van der Waals surface area contributed by atoms with Crippen molar-refractivity contribution in [2.24, 2.45) is 0 Å². The van der Waals surface area contributed by atoms with E-state index in [1.807, 2.05) is 26.8 Å². The number of ether oxygens (including phenoxy) is 1. The third kappa shape index (κ3) is 2.50. The Morgan fingerprint density at radius 1 is 1.33 bits per heavy atom. The Bertz CT molecular complexity index is 402. The summed E-state index contributed by atoms with van der Waals surface area (Å²) in [5, 5.41) is 2.76. The molecule has 1 aromatic carbocycles. The van der Waals surface area contributed by atoms with Crippen molar-refractivity contribution in [1.82, 2.24) is 0 Å². The topological polar surface area (TPSA) is 38.3 Å². The molecule has 3 nitrogen and oxygen atoms in total. The fraction of sp³-hybridized carbons (Fsp3) is 0.364. The van der Waals surface area contributed by atoms with Crippen LogP contribution in [0.3, 0.4) is 0 Å². The van der Waals surface area contributed by atoms with Gasteiger partial charge in [0.15, 0.2) is 0 Å². The summed E-state index contributed by atoms with van der Waals surface area (Å²) in [5.74, 6) is 0.845. The first-order valence-corrected chi connectivity index (χ1v) is 5.38. The lowest BCUT2D eigenvalue weighted by atomic mass is 10.0. The molecule has 0 fully saturated rings. The van der Waals surface area contributed by atoms with Crippen LogP contribution < -0.4 is 10.1 Å². The Hall–Kier alpha value is -1.03. The van der Waals surface area contributed by atoms with Crippen molar-refractivity contribution < 1.29 is 9.53 Å². The molecular formula is C11H14BrNO2. The Balaban J connectivity index is 3.29. The standard InChI is InChI=1S/C11H14BrNO2/c1-6-5-9(15-4)7(2)8(3)10(6)13-11(12)14/h5H,1-4H3,(H,13,14). The zero-order chi connectivity index (χ0) is 11.6. The Kier molecular flexibility index (Phi) is 3.74. The van der Waals surface area contributed by atoms with Crippen molar-refractivity contribution in [3.8, 4) is 5.75 Å². The normalized spacial score (nSPS) is 9.93. The second kappa shape index (κ2) is 4.66. The molecule has 1 rings (SSSR count). The molecule has 0 aliphatic carbocycles. The van der Waals surface area contributed by atoms with Crippen molar-refractivity contribution >= 4 is 26.4 Å². The highest BCUT2D eigenvalue weighted by molar-refractivity contribution is 9.18. The number of anilines is 1. The third-order valence-corrected chi connectivity index (χ3v) is 2.69. The lowest BCUT2D eigenvalue weighted by Crippen LogP contribution is -2.06. The molecule has 0 saturated carbocycles. The molecule has 0 radical (unpaired) electrons. The van der Waals surface area contributed by atoms with Gasteiger partial charge in [-0.05, 0) is 43.5 Å². The maximum Gasteiger partial charge on any atom is 0.291 e. The van der Waals surface area contributed by atoms with E-state index < -0.39 is 0 Å². The number of amides is 1. The molecule has 1 N–H and O–H groups in total. The summed E-state index contributed by atoms with van der Waals surface area (Å²) in [4.78, 5) is 10.7. The molecule has 0 unspecified atom stereocenters. The molecule has 0 aliphatic heterocycles. The zero-order valence-electron chi connectivity index (χ0n) is 9.27. The lowest BCUT2D eigenvalue weighted by molar-refractivity contribution is 0.270. The molecule has 0 aromatic heterocycles. The van der Waals surface area contributed by atoms with Crippen LogP contribution in [0.1, 0.15) is 16.7 Å². The van der Waals surface area contributed by atoms with Crippen LogP contribution in [0.4, 0.5) is 10.5 Å². The average molecular weight is 272 g/mol. The van der Waals surface area contributed by atoms with E-state index in [2.05, 4.69) is 21.2 Å². The van der Waals surface area contributed by atoms with E-state index in [1.165, 1.54) is 0 Å². The molecule has 0 saturated heterocycles. The summed E-state index contributed by atoms with van der Waals surface area (Å²) in [6.45, 7) is 5.87. The fourth-order valence-corrected chi connectivity index (χ4v) is 1.75. The number of hydrogen-bond donors (Lipinski definition) is 1. The molecule has 0 atom stereocenters. The van der Waals surface area contributed by atoms with Crippen LogP contribution in [0, 0.1) is 20.8 Å². The molecule has 15 heavy (non-hydrogen) atoms. The van der Waals surface area contributed by atoms with Crippen LogP contribution in [0.25, 0.3) is 0 Å². The molecule has 4 heteroatoms. The minimum absolute atomic E-state index is 0.238. The van der Waals surface area contributed by atoms with Crippen LogP contribution in [0.2, 0.25) is 0 Å². The van der Waals surface area contributed by atoms with Crippen molar-refractivity contribution in [2.45, 2.75) is 20.8 Å². The Morgan fingerprint density at radius 3 is 2.40 bits per heavy atom. The van der Waals surface area contributed by atoms with Gasteiger partial charge < -0.3 is 10.1 Å². The number of carbonyl (C=O) groups excluding carboxylic acids is 1. The maximum absolute atomic E-state index is 11.0. The van der Waals surface area contributed by atoms with E-state index in [9.17, 15) is 4.79 Å². The fourth-order valence-electron chi connectivity index (χ4n) is 1.55. The van der Waals surface area contributed by atoms with E-state index in [0.29, 0.717) is 0 Å². The number of halogens is 1. The number of benzene rings is 1. The SMILES string of the molecule is COc1cc(C)c(NC(=O)Br)c(C)c1C. The lowest BCUT2D eigenvalue weighted by Gasteiger charge is -2.15. The smallest absolute Gasteiger partial charge is 0.291 e. The number of methoxy groups -OCH3 is 1. The van der Waals surface area contributed by atoms with E-state index in [0.717, 1.165) is 28.1 Å². The maximum atomic E-state index is 11.0. The summed E-state index contributed by atoms with van der Waals surface area (Å²) in [6.07, 6.45) is 0. The third-order valence-electron chi connectivity index (χ3n) is 2.49. The van der Waals surface area contributed by atoms with E-state index in [-0.39, 0.29) is 4.82 Å². The van der Waals surface area contributed by atoms with Gasteiger partial charge >= 0.3 is 0 Å². The second-order valence-corrected chi connectivity index (χ2v) is 4.14. The minimum Gasteiger partial charge on any atom is -0.496 e. The van der Waals surface area contributed by atoms with Gasteiger partial charge in [0.1, 0.15) is 5.75 Å². The van der Waals surface area contributed by atoms with Gasteiger partial charge in [0.2, 0.25) is 0 Å². The molecule has 82 valence electrons. The summed E-state index contributed by atoms with van der Waals surface area (Å²) >= 11 is 2.86. The van der Waals surface area contributed by atoms with Crippen molar-refractivity contribution in [2.75, 3.05) is 12.4 Å². The van der Waals surface area contributed by atoms with Gasteiger partial charge in [-0.2, -0.15) is 0 Å². The largest absolute Gasteiger partial charge is 0.496 e. The first-order valence-electron chi connectivity index (χ1n) is 4.58. The highest BCUT2D eigenvalue weighted by Crippen LogP contribution is 2.31. The van der Waals surface area contributed by atoms with E-state index in [4.69, 9.17) is 4.74 Å². The van der Waals surface area contributed by atoms with Crippen molar-refractivity contribution in [3.05, 3.63) is 22.8 Å². The van der Waals surface area contributed by atoms with Gasteiger partial charge in [-0.1, -0.05) is 0 Å². The predicted molar refractivity (Wildman–Crippen MR) is 65.2 cm³/mol. The molecule has 0 aliphatic rings. The van der Waals surface area contributed by atoms with Gasteiger partial charge in [-0.25, -0.2) is 0 Å². The minimum atomic E-state index is -0.238. The monoisotopic (exact) mass is 271 g/mol. The molecule has 0 spiro atoms. The second-order valence-electron chi connectivity index (χ2n) is 3.42. The van der Waals surface area contributed by atoms with Gasteiger partial charge in [-0.15, -0.1) is 0 Å². The van der Waals surface area contributed by atoms with Crippen LogP contribution >= 0.6 is 15.9 Å². The predicted octanol–water partition coefficient (Wildman–Crippen LogP) is 3.55. The number of aryl methyl sites for hydroxylation is 1. The highest BCUT2D eigenvalue weighted by Gasteiger charge is 2.11. The highest BCUT2D eigenvalue weighted by atomic mass is 79.9. The Morgan fingerprint density at radius 2 is 1.93 bits per heavy atom. The van der Waals surface area contributed by atoms with E-state index in [1.54, 1.807) is 7.11 Å². The Labute approximate surface area is 97.9 Å². The zero-order valence-corrected chi connectivity index (χ0v) is 10.9. The first kappa shape index (κ1) is 12.0. The van der Waals surface area contributed by atoms with Crippen LogP contribution in [-0.4, -0.2) is 11.9 Å². The molecule has 0 heterocycles. The summed E-state index contributed by atoms with van der Waals surface area (Å²) in [7, 11) is 1.64. The van der Waals surface area contributed by atoms with E-state index >= 15 is 0 Å². The summed E-state index contributed by atoms with van der Waals surface area (Å²) in [6, 6.07) is 1.92. The molecule has 1 aromatic rings. The van der Waals surface area contributed by atoms with Gasteiger partial charge in [0.25, 0.3) is 4.82 Å². The first-order chi connectivity index (χ1) is 6.97. The molecule has 1 amide bonds. The number of hydrogen-bond acceptors (Lipinski definition) is 2. The summed E-state index contributed by atoms with van der Waals surface area (Å²) < 4.78 is 5.24. The van der Waals surface area contributed by atoms with Crippen molar-refractivity contribution in [3.63, 3.8) is 0 Å². The average Bonchev–Trinajstić information content (AvgIpc) is 2.18. The van der Waals surface area contributed by atoms with Crippen LogP contribution in [0.15, 0.2) is 6.07 Å². The quantitative estimate of drug-likeness (QED) is 0.660. The summed E-state index contributed by atoms with van der Waals surface area (Å²) in [5.41, 5.74) is 3.90. The molecular weight excluding hydrogens is 258 g/mol. The number of rotatable bonds is 2. The van der Waals surface area contributed by atoms with Gasteiger partial charge in [0.05, 0.1) is 7.11 Å². The van der Waals surface area contributed by atoms with Gasteiger partial charge in [0, 0.05) is 21.6 Å².